The maximum atomic E-state index is 11.2. The summed E-state index contributed by atoms with van der Waals surface area (Å²) in [4.78, 5) is 11.2. The fourth-order valence-corrected chi connectivity index (χ4v) is 1.92. The summed E-state index contributed by atoms with van der Waals surface area (Å²) in [6, 6.07) is 10.5. The molecule has 0 saturated carbocycles. The molecular weight excluding hydrogens is 278 g/mol. The first kappa shape index (κ1) is 16.3. The van der Waals surface area contributed by atoms with Crippen molar-refractivity contribution in [2.75, 3.05) is 0 Å². The van der Waals surface area contributed by atoms with Crippen LogP contribution in [0.1, 0.15) is 29.5 Å². The monoisotopic (exact) mass is 295 g/mol. The van der Waals surface area contributed by atoms with Gasteiger partial charge in [0, 0.05) is 18.0 Å². The van der Waals surface area contributed by atoms with E-state index in [2.05, 4.69) is 0 Å². The molecule has 0 radical (unpaired) electrons. The molecule has 1 aromatic heterocycles. The lowest BCUT2D eigenvalue weighted by molar-refractivity contribution is 0.0697. The number of hydrogen-bond acceptors (Lipinski definition) is 3. The van der Waals surface area contributed by atoms with E-state index in [9.17, 15) is 4.79 Å². The Kier molecular flexibility index (Phi) is 5.80. The molecule has 108 valence electrons. The predicted octanol–water partition coefficient (Wildman–Crippen LogP) is 3.35. The van der Waals surface area contributed by atoms with Crippen LogP contribution in [-0.2, 0) is 6.42 Å². The Morgan fingerprint density at radius 1 is 1.30 bits per heavy atom. The van der Waals surface area contributed by atoms with E-state index in [0.717, 1.165) is 12.2 Å². The van der Waals surface area contributed by atoms with Crippen LogP contribution in [-0.4, -0.2) is 17.1 Å². The van der Waals surface area contributed by atoms with E-state index in [1.54, 1.807) is 30.3 Å². The number of carbonyl (C=O) groups is 1. The molecule has 0 bridgehead atoms. The summed E-state index contributed by atoms with van der Waals surface area (Å²) in [5.74, 6) is 0.389. The van der Waals surface area contributed by atoms with Crippen molar-refractivity contribution in [1.29, 1.82) is 0 Å². The number of benzene rings is 1. The summed E-state index contributed by atoms with van der Waals surface area (Å²) in [6.07, 6.45) is 1.54. The zero-order valence-electron chi connectivity index (χ0n) is 11.2. The largest absolute Gasteiger partial charge is 0.478 e. The number of furan rings is 1. The van der Waals surface area contributed by atoms with Crippen molar-refractivity contribution < 1.29 is 14.3 Å². The van der Waals surface area contributed by atoms with Gasteiger partial charge in [-0.05, 0) is 24.6 Å². The average molecular weight is 296 g/mol. The fourth-order valence-electron chi connectivity index (χ4n) is 1.92. The normalized spacial score (nSPS) is 11.7. The van der Waals surface area contributed by atoms with Gasteiger partial charge < -0.3 is 15.3 Å². The number of nitrogens with two attached hydrogens (primary N) is 1. The van der Waals surface area contributed by atoms with Crippen molar-refractivity contribution >= 4 is 18.4 Å². The minimum absolute atomic E-state index is 0. The Labute approximate surface area is 124 Å². The molecule has 0 amide bonds. The number of carboxylic acids is 1. The van der Waals surface area contributed by atoms with E-state index in [1.807, 2.05) is 13.0 Å². The summed E-state index contributed by atoms with van der Waals surface area (Å²) in [5, 5.41) is 9.16. The number of rotatable bonds is 5. The average Bonchev–Trinajstić information content (AvgIpc) is 2.86. The molecule has 4 nitrogen and oxygen atoms in total. The zero-order valence-corrected chi connectivity index (χ0v) is 12.0. The molecule has 1 aromatic carbocycles. The van der Waals surface area contributed by atoms with Gasteiger partial charge in [0.15, 0.2) is 0 Å². The van der Waals surface area contributed by atoms with Gasteiger partial charge in [0.25, 0.3) is 0 Å². The molecule has 20 heavy (non-hydrogen) atoms. The van der Waals surface area contributed by atoms with E-state index in [1.165, 1.54) is 0 Å². The molecule has 0 aliphatic rings. The molecule has 1 heterocycles. The summed E-state index contributed by atoms with van der Waals surface area (Å²) in [7, 11) is 0. The molecule has 0 spiro atoms. The molecule has 0 aliphatic heterocycles. The number of halogens is 1. The van der Waals surface area contributed by atoms with Gasteiger partial charge in [0.05, 0.1) is 5.56 Å². The van der Waals surface area contributed by atoms with Crippen molar-refractivity contribution in [3.8, 4) is 11.3 Å². The SMILES string of the molecule is CCC(N)Cc1ccc(-c2ccccc2C(=O)O)o1.Cl. The van der Waals surface area contributed by atoms with Crippen LogP contribution in [0.15, 0.2) is 40.8 Å². The molecule has 2 aromatic rings. The van der Waals surface area contributed by atoms with E-state index in [0.29, 0.717) is 17.7 Å². The highest BCUT2D eigenvalue weighted by atomic mass is 35.5. The van der Waals surface area contributed by atoms with Crippen LogP contribution in [0, 0.1) is 0 Å². The first-order valence-electron chi connectivity index (χ1n) is 6.28. The molecule has 1 atom stereocenters. The van der Waals surface area contributed by atoms with E-state index in [4.69, 9.17) is 15.3 Å². The number of aromatic carboxylic acids is 1. The summed E-state index contributed by atoms with van der Waals surface area (Å²) >= 11 is 0. The quantitative estimate of drug-likeness (QED) is 0.887. The van der Waals surface area contributed by atoms with E-state index in [-0.39, 0.29) is 24.0 Å². The first-order chi connectivity index (χ1) is 9.11. The lowest BCUT2D eigenvalue weighted by Gasteiger charge is -2.06. The summed E-state index contributed by atoms with van der Waals surface area (Å²) < 4.78 is 5.69. The van der Waals surface area contributed by atoms with Crippen molar-refractivity contribution in [2.24, 2.45) is 5.73 Å². The van der Waals surface area contributed by atoms with Crippen LogP contribution in [0.4, 0.5) is 0 Å². The van der Waals surface area contributed by atoms with Gasteiger partial charge in [0.2, 0.25) is 0 Å². The van der Waals surface area contributed by atoms with Crippen molar-refractivity contribution in [3.05, 3.63) is 47.7 Å². The van der Waals surface area contributed by atoms with Crippen molar-refractivity contribution in [1.82, 2.24) is 0 Å². The van der Waals surface area contributed by atoms with Gasteiger partial charge in [-0.3, -0.25) is 0 Å². The molecule has 3 N–H and O–H groups in total. The van der Waals surface area contributed by atoms with Crippen molar-refractivity contribution in [2.45, 2.75) is 25.8 Å². The van der Waals surface area contributed by atoms with Gasteiger partial charge in [0.1, 0.15) is 11.5 Å². The number of carboxylic acid groups (broad SMARTS) is 1. The molecule has 2 rings (SSSR count). The lowest BCUT2D eigenvalue weighted by atomic mass is 10.1. The van der Waals surface area contributed by atoms with Crippen molar-refractivity contribution in [3.63, 3.8) is 0 Å². The minimum Gasteiger partial charge on any atom is -0.478 e. The molecule has 0 aliphatic carbocycles. The van der Waals surface area contributed by atoms with Gasteiger partial charge in [-0.15, -0.1) is 12.4 Å². The predicted molar refractivity (Wildman–Crippen MR) is 80.3 cm³/mol. The Morgan fingerprint density at radius 2 is 2.00 bits per heavy atom. The number of hydrogen-bond donors (Lipinski definition) is 2. The van der Waals surface area contributed by atoms with Crippen LogP contribution in [0.2, 0.25) is 0 Å². The summed E-state index contributed by atoms with van der Waals surface area (Å²) in [6.45, 7) is 2.02. The third kappa shape index (κ3) is 3.62. The smallest absolute Gasteiger partial charge is 0.336 e. The standard InChI is InChI=1S/C15H17NO3.ClH/c1-2-10(16)9-11-7-8-14(19-11)12-5-3-4-6-13(12)15(17)18;/h3-8,10H,2,9,16H2,1H3,(H,17,18);1H. The van der Waals surface area contributed by atoms with Gasteiger partial charge in [-0.2, -0.15) is 0 Å². The Hall–Kier alpha value is -1.78. The van der Waals surface area contributed by atoms with Gasteiger partial charge >= 0.3 is 5.97 Å². The Morgan fingerprint density at radius 3 is 2.65 bits per heavy atom. The maximum Gasteiger partial charge on any atom is 0.336 e. The molecular formula is C15H18ClNO3. The summed E-state index contributed by atoms with van der Waals surface area (Å²) in [5.41, 5.74) is 6.71. The highest BCUT2D eigenvalue weighted by molar-refractivity contribution is 5.95. The van der Waals surface area contributed by atoms with Crippen LogP contribution < -0.4 is 5.73 Å². The minimum atomic E-state index is -0.959. The third-order valence-electron chi connectivity index (χ3n) is 3.07. The van der Waals surface area contributed by atoms with Crippen LogP contribution in [0.25, 0.3) is 11.3 Å². The topological polar surface area (TPSA) is 76.5 Å². The third-order valence-corrected chi connectivity index (χ3v) is 3.07. The van der Waals surface area contributed by atoms with Gasteiger partial charge in [-0.1, -0.05) is 25.1 Å². The van der Waals surface area contributed by atoms with E-state index < -0.39 is 5.97 Å². The lowest BCUT2D eigenvalue weighted by Crippen LogP contribution is -2.20. The second kappa shape index (κ2) is 7.12. The Bertz CT molecular complexity index is 580. The molecule has 0 saturated heterocycles. The first-order valence-corrected chi connectivity index (χ1v) is 6.28. The van der Waals surface area contributed by atoms with Crippen LogP contribution in [0.5, 0.6) is 0 Å². The van der Waals surface area contributed by atoms with E-state index >= 15 is 0 Å². The van der Waals surface area contributed by atoms with Crippen LogP contribution in [0.3, 0.4) is 0 Å². The zero-order chi connectivity index (χ0) is 13.8. The highest BCUT2D eigenvalue weighted by Crippen LogP contribution is 2.26. The molecule has 1 unspecified atom stereocenters. The second-order valence-corrected chi connectivity index (χ2v) is 4.49. The maximum absolute atomic E-state index is 11.2. The molecule has 5 heteroatoms. The second-order valence-electron chi connectivity index (χ2n) is 4.49. The Balaban J connectivity index is 0.00000200. The highest BCUT2D eigenvalue weighted by Gasteiger charge is 2.14. The van der Waals surface area contributed by atoms with Gasteiger partial charge in [-0.25, -0.2) is 4.79 Å². The fraction of sp³-hybridized carbons (Fsp3) is 0.267. The van der Waals surface area contributed by atoms with Crippen LogP contribution >= 0.6 is 12.4 Å². The molecule has 0 fully saturated rings.